The Morgan fingerprint density at radius 3 is 2.72 bits per heavy atom. The average molecular weight is 250 g/mol. The van der Waals surface area contributed by atoms with Gasteiger partial charge in [-0.25, -0.2) is 0 Å². The molecule has 4 heteroatoms. The maximum atomic E-state index is 11.8. The van der Waals surface area contributed by atoms with Crippen molar-refractivity contribution in [2.75, 3.05) is 23.4 Å². The number of nitrogens with zero attached hydrogens (tertiary/aromatic N) is 1. The van der Waals surface area contributed by atoms with Crippen LogP contribution in [0.1, 0.15) is 27.7 Å². The van der Waals surface area contributed by atoms with Crippen molar-refractivity contribution in [3.63, 3.8) is 0 Å². The minimum Gasteiger partial charge on any atom is -0.385 e. The number of ether oxygens (including phenoxy) is 1. The minimum atomic E-state index is -0.260. The van der Waals surface area contributed by atoms with Crippen LogP contribution in [0.15, 0.2) is 24.3 Å². The van der Waals surface area contributed by atoms with Gasteiger partial charge in [0.1, 0.15) is 6.23 Å². The topological polar surface area (TPSA) is 41.6 Å². The smallest absolute Gasteiger partial charge is 0.225 e. The SMILES string of the molecule is CCNc1cccc(N(C(C)=O)C(C)OCC)c1. The molecule has 1 rings (SSSR count). The van der Waals surface area contributed by atoms with Crippen LogP contribution in [0.3, 0.4) is 0 Å². The number of amides is 1. The van der Waals surface area contributed by atoms with Gasteiger partial charge in [-0.3, -0.25) is 9.69 Å². The van der Waals surface area contributed by atoms with Crippen LogP contribution in [0.4, 0.5) is 11.4 Å². The maximum absolute atomic E-state index is 11.8. The molecule has 1 atom stereocenters. The summed E-state index contributed by atoms with van der Waals surface area (Å²) in [4.78, 5) is 13.4. The molecule has 1 amide bonds. The first-order chi connectivity index (χ1) is 8.60. The van der Waals surface area contributed by atoms with E-state index in [1.165, 1.54) is 0 Å². The van der Waals surface area contributed by atoms with Gasteiger partial charge in [0, 0.05) is 31.5 Å². The summed E-state index contributed by atoms with van der Waals surface area (Å²) in [5.74, 6) is -0.0235. The van der Waals surface area contributed by atoms with Crippen molar-refractivity contribution in [1.29, 1.82) is 0 Å². The first-order valence-corrected chi connectivity index (χ1v) is 6.35. The Hall–Kier alpha value is -1.55. The second-order valence-corrected chi connectivity index (χ2v) is 4.02. The Balaban J connectivity index is 2.98. The highest BCUT2D eigenvalue weighted by atomic mass is 16.5. The lowest BCUT2D eigenvalue weighted by Crippen LogP contribution is -2.39. The predicted molar refractivity (Wildman–Crippen MR) is 74.9 cm³/mol. The fourth-order valence-electron chi connectivity index (χ4n) is 1.93. The molecular formula is C14H22N2O2. The van der Waals surface area contributed by atoms with E-state index in [9.17, 15) is 4.79 Å². The lowest BCUT2D eigenvalue weighted by atomic mass is 10.2. The third kappa shape index (κ3) is 3.74. The zero-order valence-electron chi connectivity index (χ0n) is 11.6. The third-order valence-electron chi connectivity index (χ3n) is 2.62. The van der Waals surface area contributed by atoms with Gasteiger partial charge < -0.3 is 10.1 Å². The fourth-order valence-corrected chi connectivity index (χ4v) is 1.93. The van der Waals surface area contributed by atoms with Crippen molar-refractivity contribution in [1.82, 2.24) is 0 Å². The van der Waals surface area contributed by atoms with E-state index in [-0.39, 0.29) is 12.1 Å². The highest BCUT2D eigenvalue weighted by molar-refractivity contribution is 5.92. The van der Waals surface area contributed by atoms with Crippen molar-refractivity contribution in [2.45, 2.75) is 33.9 Å². The quantitative estimate of drug-likeness (QED) is 0.789. The van der Waals surface area contributed by atoms with Crippen LogP contribution >= 0.6 is 0 Å². The van der Waals surface area contributed by atoms with Crippen LogP contribution < -0.4 is 10.2 Å². The number of hydrogen-bond acceptors (Lipinski definition) is 3. The van der Waals surface area contributed by atoms with Crippen LogP contribution in [-0.4, -0.2) is 25.3 Å². The lowest BCUT2D eigenvalue weighted by molar-refractivity contribution is -0.119. The fraction of sp³-hybridized carbons (Fsp3) is 0.500. The molecule has 0 bridgehead atoms. The molecule has 0 spiro atoms. The maximum Gasteiger partial charge on any atom is 0.225 e. The van der Waals surface area contributed by atoms with Gasteiger partial charge >= 0.3 is 0 Å². The van der Waals surface area contributed by atoms with Gasteiger partial charge in [0.2, 0.25) is 5.91 Å². The molecule has 1 N–H and O–H groups in total. The molecule has 0 saturated heterocycles. The number of carbonyl (C=O) groups is 1. The molecule has 0 fully saturated rings. The molecule has 1 aromatic carbocycles. The summed E-state index contributed by atoms with van der Waals surface area (Å²) in [5, 5.41) is 3.23. The van der Waals surface area contributed by atoms with Crippen molar-refractivity contribution >= 4 is 17.3 Å². The molecule has 18 heavy (non-hydrogen) atoms. The third-order valence-corrected chi connectivity index (χ3v) is 2.62. The van der Waals surface area contributed by atoms with Gasteiger partial charge in [0.05, 0.1) is 0 Å². The van der Waals surface area contributed by atoms with Gasteiger partial charge in [0.15, 0.2) is 0 Å². The van der Waals surface area contributed by atoms with E-state index in [2.05, 4.69) is 5.32 Å². The number of rotatable bonds is 6. The van der Waals surface area contributed by atoms with Crippen molar-refractivity contribution < 1.29 is 9.53 Å². The van der Waals surface area contributed by atoms with Gasteiger partial charge in [-0.15, -0.1) is 0 Å². The molecule has 100 valence electrons. The lowest BCUT2D eigenvalue weighted by Gasteiger charge is -2.28. The molecular weight excluding hydrogens is 228 g/mol. The van der Waals surface area contributed by atoms with E-state index < -0.39 is 0 Å². The summed E-state index contributed by atoms with van der Waals surface area (Å²) in [7, 11) is 0. The van der Waals surface area contributed by atoms with E-state index in [1.54, 1.807) is 11.8 Å². The van der Waals surface area contributed by atoms with Crippen molar-refractivity contribution in [2.24, 2.45) is 0 Å². The normalized spacial score (nSPS) is 12.0. The van der Waals surface area contributed by atoms with E-state index >= 15 is 0 Å². The predicted octanol–water partition coefficient (Wildman–Crippen LogP) is 2.85. The molecule has 0 radical (unpaired) electrons. The monoisotopic (exact) mass is 250 g/mol. The second kappa shape index (κ2) is 7.01. The molecule has 1 unspecified atom stereocenters. The van der Waals surface area contributed by atoms with Crippen LogP contribution in [-0.2, 0) is 9.53 Å². The molecule has 0 aliphatic rings. The zero-order valence-corrected chi connectivity index (χ0v) is 11.6. The number of carbonyl (C=O) groups excluding carboxylic acids is 1. The Morgan fingerprint density at radius 1 is 1.44 bits per heavy atom. The van der Waals surface area contributed by atoms with Gasteiger partial charge in [-0.2, -0.15) is 0 Å². The van der Waals surface area contributed by atoms with E-state index in [0.29, 0.717) is 6.61 Å². The standard InChI is InChI=1S/C14H22N2O2/c1-5-15-13-8-7-9-14(10-13)16(11(3)17)12(4)18-6-2/h7-10,12,15H,5-6H2,1-4H3. The van der Waals surface area contributed by atoms with Gasteiger partial charge in [-0.1, -0.05) is 6.07 Å². The largest absolute Gasteiger partial charge is 0.385 e. The molecule has 0 heterocycles. The molecule has 0 aliphatic heterocycles. The Labute approximate surface area is 109 Å². The average Bonchev–Trinajstić information content (AvgIpc) is 2.30. The number of hydrogen-bond donors (Lipinski definition) is 1. The molecule has 0 aliphatic carbocycles. The van der Waals surface area contributed by atoms with Crippen molar-refractivity contribution in [3.05, 3.63) is 24.3 Å². The summed E-state index contributed by atoms with van der Waals surface area (Å²) in [5.41, 5.74) is 1.85. The second-order valence-electron chi connectivity index (χ2n) is 4.02. The first kappa shape index (κ1) is 14.5. The molecule has 4 nitrogen and oxygen atoms in total. The highest BCUT2D eigenvalue weighted by Gasteiger charge is 2.18. The zero-order chi connectivity index (χ0) is 13.5. The van der Waals surface area contributed by atoms with Gasteiger partial charge in [0.25, 0.3) is 0 Å². The highest BCUT2D eigenvalue weighted by Crippen LogP contribution is 2.22. The molecule has 0 aromatic heterocycles. The van der Waals surface area contributed by atoms with Gasteiger partial charge in [-0.05, 0) is 39.0 Å². The molecule has 0 saturated carbocycles. The Bertz CT molecular complexity index is 393. The first-order valence-electron chi connectivity index (χ1n) is 6.35. The number of nitrogens with one attached hydrogen (secondary N) is 1. The van der Waals surface area contributed by atoms with Crippen molar-refractivity contribution in [3.8, 4) is 0 Å². The number of benzene rings is 1. The number of anilines is 2. The summed E-state index contributed by atoms with van der Waals surface area (Å²) in [6.45, 7) is 8.82. The molecule has 1 aromatic rings. The van der Waals surface area contributed by atoms with E-state index in [1.807, 2.05) is 45.0 Å². The van der Waals surface area contributed by atoms with Crippen LogP contribution in [0, 0.1) is 0 Å². The summed E-state index contributed by atoms with van der Waals surface area (Å²) in [6.07, 6.45) is -0.260. The Kier molecular flexibility index (Phi) is 5.65. The summed E-state index contributed by atoms with van der Waals surface area (Å²) in [6, 6.07) is 7.79. The summed E-state index contributed by atoms with van der Waals surface area (Å²) >= 11 is 0. The van der Waals surface area contributed by atoms with Crippen LogP contribution in [0.2, 0.25) is 0 Å². The summed E-state index contributed by atoms with van der Waals surface area (Å²) < 4.78 is 5.50. The van der Waals surface area contributed by atoms with Crippen LogP contribution in [0.25, 0.3) is 0 Å². The van der Waals surface area contributed by atoms with Crippen LogP contribution in [0.5, 0.6) is 0 Å². The Morgan fingerprint density at radius 2 is 2.17 bits per heavy atom. The minimum absolute atomic E-state index is 0.0235. The van der Waals surface area contributed by atoms with E-state index in [0.717, 1.165) is 17.9 Å². The van der Waals surface area contributed by atoms with E-state index in [4.69, 9.17) is 4.74 Å².